The molecule has 0 aliphatic carbocycles. The summed E-state index contributed by atoms with van der Waals surface area (Å²) in [6, 6.07) is 8.01. The van der Waals surface area contributed by atoms with Crippen molar-refractivity contribution >= 4 is 16.5 Å². The summed E-state index contributed by atoms with van der Waals surface area (Å²) >= 11 is 0. The van der Waals surface area contributed by atoms with Gasteiger partial charge >= 0.3 is 0 Å². The zero-order chi connectivity index (χ0) is 24.1. The fourth-order valence-electron chi connectivity index (χ4n) is 3.42. The van der Waals surface area contributed by atoms with E-state index in [9.17, 15) is 0 Å². The number of pyridine rings is 1. The van der Waals surface area contributed by atoms with Crippen LogP contribution in [0.3, 0.4) is 0 Å². The Balaban J connectivity index is 0.00000121. The summed E-state index contributed by atoms with van der Waals surface area (Å²) < 4.78 is 22.1. The zero-order valence-electron chi connectivity index (χ0n) is 21.0. The number of ether oxygens (including phenoxy) is 4. The first kappa shape index (κ1) is 26.9. The average molecular weight is 443 g/mol. The van der Waals surface area contributed by atoms with Crippen LogP contribution >= 0.6 is 0 Å². The van der Waals surface area contributed by atoms with E-state index in [0.717, 1.165) is 33.3 Å². The van der Waals surface area contributed by atoms with Crippen molar-refractivity contribution in [2.24, 2.45) is 0 Å². The third-order valence-electron chi connectivity index (χ3n) is 4.66. The molecule has 32 heavy (non-hydrogen) atoms. The Bertz CT molecular complexity index is 948. The molecule has 0 aliphatic heterocycles. The van der Waals surface area contributed by atoms with E-state index in [1.807, 2.05) is 72.3 Å². The molecule has 1 aromatic heterocycles. The molecule has 0 saturated heterocycles. The topological polar surface area (TPSA) is 61.8 Å². The minimum atomic E-state index is 0.587. The third kappa shape index (κ3) is 5.96. The van der Waals surface area contributed by atoms with Gasteiger partial charge in [-0.25, -0.2) is 0 Å². The Labute approximate surface area is 192 Å². The Hall–Kier alpha value is -3.15. The maximum atomic E-state index is 5.74. The van der Waals surface area contributed by atoms with Crippen LogP contribution in [0.25, 0.3) is 10.8 Å². The van der Waals surface area contributed by atoms with Crippen molar-refractivity contribution in [2.75, 3.05) is 40.3 Å². The molecule has 6 nitrogen and oxygen atoms in total. The summed E-state index contributed by atoms with van der Waals surface area (Å²) in [7, 11) is 6.73. The lowest BCUT2D eigenvalue weighted by Gasteiger charge is -2.16. The molecule has 1 N–H and O–H groups in total. The van der Waals surface area contributed by atoms with Crippen molar-refractivity contribution < 1.29 is 18.9 Å². The van der Waals surface area contributed by atoms with Gasteiger partial charge in [-0.1, -0.05) is 33.8 Å². The maximum Gasteiger partial charge on any atom is 0.203 e. The van der Waals surface area contributed by atoms with Crippen molar-refractivity contribution in [2.45, 2.75) is 41.0 Å². The minimum Gasteiger partial charge on any atom is -0.493 e. The first-order valence-electron chi connectivity index (χ1n) is 11.2. The standard InChI is InChI=1S/C22H26N2O4.2C2H6/c1-6-28-18-8-7-16-15(12-24-13-17(16)21(18)23-2)9-14-10-19(25-3)22(27-5)20(11-14)26-4;2*1-2/h7-8,10-13,23H,6,9H2,1-5H3;2*1-2H3. The molecule has 3 aromatic rings. The van der Waals surface area contributed by atoms with Gasteiger partial charge in [0.05, 0.1) is 33.6 Å². The molecule has 6 heteroatoms. The van der Waals surface area contributed by atoms with E-state index in [4.69, 9.17) is 18.9 Å². The molecule has 2 aromatic carbocycles. The predicted octanol–water partition coefficient (Wildman–Crippen LogP) is 6.34. The Morgan fingerprint density at radius 2 is 1.44 bits per heavy atom. The van der Waals surface area contributed by atoms with Gasteiger partial charge in [0.15, 0.2) is 11.5 Å². The number of nitrogens with zero attached hydrogens (tertiary/aromatic N) is 1. The molecule has 176 valence electrons. The number of rotatable bonds is 8. The number of nitrogens with one attached hydrogen (secondary N) is 1. The predicted molar refractivity (Wildman–Crippen MR) is 134 cm³/mol. The van der Waals surface area contributed by atoms with Crippen LogP contribution in [0.1, 0.15) is 45.7 Å². The quantitative estimate of drug-likeness (QED) is 0.439. The van der Waals surface area contributed by atoms with Gasteiger partial charge in [-0.2, -0.15) is 0 Å². The highest BCUT2D eigenvalue weighted by atomic mass is 16.5. The molecule has 1 heterocycles. The van der Waals surface area contributed by atoms with Crippen LogP contribution in [0.15, 0.2) is 36.7 Å². The van der Waals surface area contributed by atoms with Crippen LogP contribution in [0.4, 0.5) is 5.69 Å². The van der Waals surface area contributed by atoms with E-state index in [-0.39, 0.29) is 0 Å². The second kappa shape index (κ2) is 14.0. The van der Waals surface area contributed by atoms with E-state index in [1.54, 1.807) is 21.3 Å². The lowest BCUT2D eigenvalue weighted by atomic mass is 9.99. The zero-order valence-corrected chi connectivity index (χ0v) is 21.0. The number of hydrogen-bond donors (Lipinski definition) is 1. The molecule has 0 saturated carbocycles. The normalized spacial score (nSPS) is 9.66. The third-order valence-corrected chi connectivity index (χ3v) is 4.66. The van der Waals surface area contributed by atoms with E-state index >= 15 is 0 Å². The SMILES string of the molecule is CC.CC.CCOc1ccc2c(Cc3cc(OC)c(OC)c(OC)c3)cncc2c1NC. The number of methoxy groups -OCH3 is 3. The molecule has 0 fully saturated rings. The summed E-state index contributed by atoms with van der Waals surface area (Å²) in [5.74, 6) is 2.69. The first-order valence-corrected chi connectivity index (χ1v) is 11.2. The molecule has 3 rings (SSSR count). The molecule has 0 spiro atoms. The largest absolute Gasteiger partial charge is 0.493 e. The maximum absolute atomic E-state index is 5.74. The smallest absolute Gasteiger partial charge is 0.203 e. The Morgan fingerprint density at radius 3 is 1.94 bits per heavy atom. The number of anilines is 1. The number of fused-ring (bicyclic) bond motifs is 1. The van der Waals surface area contributed by atoms with Gasteiger partial charge in [0, 0.05) is 24.8 Å². The summed E-state index contributed by atoms with van der Waals surface area (Å²) in [5.41, 5.74) is 3.09. The van der Waals surface area contributed by atoms with E-state index in [1.165, 1.54) is 0 Å². The molecule has 0 unspecified atom stereocenters. The average Bonchev–Trinajstić information content (AvgIpc) is 2.86. The molecule has 0 radical (unpaired) electrons. The van der Waals surface area contributed by atoms with Crippen LogP contribution in [0, 0.1) is 0 Å². The lowest BCUT2D eigenvalue weighted by Crippen LogP contribution is -2.01. The van der Waals surface area contributed by atoms with Gasteiger partial charge in [-0.15, -0.1) is 0 Å². The Morgan fingerprint density at radius 1 is 0.812 bits per heavy atom. The Kier molecular flexibility index (Phi) is 11.8. The fraction of sp³-hybridized carbons (Fsp3) is 0.423. The van der Waals surface area contributed by atoms with Gasteiger partial charge in [-0.3, -0.25) is 4.98 Å². The van der Waals surface area contributed by atoms with E-state index < -0.39 is 0 Å². The monoisotopic (exact) mass is 442 g/mol. The summed E-state index contributed by atoms with van der Waals surface area (Å²) in [6.45, 7) is 10.6. The lowest BCUT2D eigenvalue weighted by molar-refractivity contribution is 0.324. The van der Waals surface area contributed by atoms with Crippen LogP contribution < -0.4 is 24.3 Å². The van der Waals surface area contributed by atoms with E-state index in [2.05, 4.69) is 16.4 Å². The van der Waals surface area contributed by atoms with Gasteiger partial charge < -0.3 is 24.3 Å². The first-order chi connectivity index (χ1) is 15.7. The second-order valence-electron chi connectivity index (χ2n) is 6.23. The summed E-state index contributed by atoms with van der Waals surface area (Å²) in [6.07, 6.45) is 4.44. The van der Waals surface area contributed by atoms with Gasteiger partial charge in [0.25, 0.3) is 0 Å². The van der Waals surface area contributed by atoms with Crippen LogP contribution in [0.5, 0.6) is 23.0 Å². The summed E-state index contributed by atoms with van der Waals surface area (Å²) in [5, 5.41) is 5.39. The molecule has 0 atom stereocenters. The van der Waals surface area contributed by atoms with Crippen LogP contribution in [-0.4, -0.2) is 40.0 Å². The number of benzene rings is 2. The van der Waals surface area contributed by atoms with Gasteiger partial charge in [0.2, 0.25) is 5.75 Å². The summed E-state index contributed by atoms with van der Waals surface area (Å²) in [4.78, 5) is 4.45. The minimum absolute atomic E-state index is 0.587. The van der Waals surface area contributed by atoms with Crippen LogP contribution in [-0.2, 0) is 6.42 Å². The molecule has 0 amide bonds. The van der Waals surface area contributed by atoms with Crippen molar-refractivity contribution in [3.8, 4) is 23.0 Å². The van der Waals surface area contributed by atoms with Gasteiger partial charge in [-0.05, 0) is 48.1 Å². The number of hydrogen-bond acceptors (Lipinski definition) is 6. The molecule has 0 bridgehead atoms. The highest BCUT2D eigenvalue weighted by molar-refractivity contribution is 5.98. The van der Waals surface area contributed by atoms with Gasteiger partial charge in [0.1, 0.15) is 5.75 Å². The molecule has 0 aliphatic rings. The van der Waals surface area contributed by atoms with Crippen molar-refractivity contribution in [1.29, 1.82) is 0 Å². The van der Waals surface area contributed by atoms with Crippen molar-refractivity contribution in [3.63, 3.8) is 0 Å². The molecular weight excluding hydrogens is 404 g/mol. The highest BCUT2D eigenvalue weighted by Crippen LogP contribution is 2.40. The van der Waals surface area contributed by atoms with Crippen LogP contribution in [0.2, 0.25) is 0 Å². The molecular formula is C26H38N2O4. The number of aromatic nitrogens is 1. The fourth-order valence-corrected chi connectivity index (χ4v) is 3.42. The van der Waals surface area contributed by atoms with Crippen molar-refractivity contribution in [1.82, 2.24) is 4.98 Å². The highest BCUT2D eigenvalue weighted by Gasteiger charge is 2.15. The van der Waals surface area contributed by atoms with E-state index in [0.29, 0.717) is 30.3 Å². The van der Waals surface area contributed by atoms with Crippen molar-refractivity contribution in [3.05, 3.63) is 47.8 Å². The second-order valence-corrected chi connectivity index (χ2v) is 6.23.